The zero-order valence-corrected chi connectivity index (χ0v) is 13.7. The minimum Gasteiger partial charge on any atom is -0.454 e. The van der Waals surface area contributed by atoms with Crippen molar-refractivity contribution in [1.29, 1.82) is 0 Å². The largest absolute Gasteiger partial charge is 0.454 e. The van der Waals surface area contributed by atoms with Crippen LogP contribution >= 0.6 is 11.8 Å². The van der Waals surface area contributed by atoms with Crippen molar-refractivity contribution >= 4 is 17.7 Å². The molecule has 1 fully saturated rings. The van der Waals surface area contributed by atoms with E-state index in [1.807, 2.05) is 23.1 Å². The van der Waals surface area contributed by atoms with Gasteiger partial charge in [-0.25, -0.2) is 0 Å². The number of nitrogens with zero attached hydrogens (tertiary/aromatic N) is 1. The van der Waals surface area contributed by atoms with E-state index in [1.54, 1.807) is 11.8 Å². The second-order valence-electron chi connectivity index (χ2n) is 5.47. The van der Waals surface area contributed by atoms with Crippen LogP contribution in [-0.2, 0) is 4.79 Å². The first-order valence-electron chi connectivity index (χ1n) is 7.81. The molecule has 22 heavy (non-hydrogen) atoms. The maximum absolute atomic E-state index is 12.1. The third kappa shape index (κ3) is 3.33. The molecule has 0 saturated carbocycles. The summed E-state index contributed by atoms with van der Waals surface area (Å²) in [5.74, 6) is 2.35. The predicted molar refractivity (Wildman–Crippen MR) is 87.3 cm³/mol. The summed E-state index contributed by atoms with van der Waals surface area (Å²) in [5.41, 5.74) is 1.11. The molecule has 120 valence electrons. The van der Waals surface area contributed by atoms with Crippen molar-refractivity contribution in [3.05, 3.63) is 23.8 Å². The Kier molecular flexibility index (Phi) is 5.10. The molecule has 0 radical (unpaired) electrons. The van der Waals surface area contributed by atoms with Crippen molar-refractivity contribution in [2.45, 2.75) is 25.1 Å². The number of thioether (sulfide) groups is 1. The second-order valence-corrected chi connectivity index (χ2v) is 6.54. The number of carbonyl (C=O) groups excluding carboxylic acids is 1. The number of carbonyl (C=O) groups is 1. The van der Waals surface area contributed by atoms with E-state index in [4.69, 9.17) is 9.47 Å². The van der Waals surface area contributed by atoms with E-state index in [2.05, 4.69) is 12.2 Å². The van der Waals surface area contributed by atoms with Gasteiger partial charge in [-0.05, 0) is 43.6 Å². The van der Waals surface area contributed by atoms with E-state index in [-0.39, 0.29) is 18.1 Å². The molecular weight excluding hydrogens is 300 g/mol. The summed E-state index contributed by atoms with van der Waals surface area (Å²) in [7, 11) is 0. The predicted octanol–water partition coefficient (Wildman–Crippen LogP) is 2.38. The standard InChI is InChI=1S/C16H22N2O3S/c1-2-6-17-7-3-8-18-15(19)10-22-16(18)12-4-5-13-14(9-12)21-11-20-13/h4-5,9,16-17H,2-3,6-8,10-11H2,1H3. The molecule has 0 aromatic heterocycles. The van der Waals surface area contributed by atoms with Crippen molar-refractivity contribution in [2.75, 3.05) is 32.2 Å². The van der Waals surface area contributed by atoms with Crippen molar-refractivity contribution < 1.29 is 14.3 Å². The maximum atomic E-state index is 12.1. The van der Waals surface area contributed by atoms with E-state index in [1.165, 1.54) is 0 Å². The number of benzene rings is 1. The average molecular weight is 322 g/mol. The van der Waals surface area contributed by atoms with Gasteiger partial charge in [-0.1, -0.05) is 13.0 Å². The number of hydrogen-bond donors (Lipinski definition) is 1. The van der Waals surface area contributed by atoms with E-state index in [9.17, 15) is 4.79 Å². The van der Waals surface area contributed by atoms with Crippen molar-refractivity contribution in [3.63, 3.8) is 0 Å². The fraction of sp³-hybridized carbons (Fsp3) is 0.562. The number of amides is 1. The summed E-state index contributed by atoms with van der Waals surface area (Å²) < 4.78 is 10.8. The number of ether oxygens (including phenoxy) is 2. The summed E-state index contributed by atoms with van der Waals surface area (Å²) in [6, 6.07) is 5.97. The van der Waals surface area contributed by atoms with Gasteiger partial charge in [-0.15, -0.1) is 11.8 Å². The molecule has 1 aromatic rings. The van der Waals surface area contributed by atoms with Gasteiger partial charge in [0.15, 0.2) is 11.5 Å². The third-order valence-electron chi connectivity index (χ3n) is 3.83. The smallest absolute Gasteiger partial charge is 0.233 e. The van der Waals surface area contributed by atoms with Crippen LogP contribution in [0.2, 0.25) is 0 Å². The van der Waals surface area contributed by atoms with Crippen LogP contribution in [0.3, 0.4) is 0 Å². The topological polar surface area (TPSA) is 50.8 Å². The van der Waals surface area contributed by atoms with E-state index in [0.29, 0.717) is 5.75 Å². The highest BCUT2D eigenvalue weighted by atomic mass is 32.2. The lowest BCUT2D eigenvalue weighted by Gasteiger charge is -2.24. The fourth-order valence-corrected chi connectivity index (χ4v) is 3.92. The van der Waals surface area contributed by atoms with Gasteiger partial charge in [0.1, 0.15) is 5.37 Å². The minimum atomic E-state index is 0.0909. The lowest BCUT2D eigenvalue weighted by Crippen LogP contribution is -2.31. The lowest BCUT2D eigenvalue weighted by atomic mass is 10.1. The molecule has 1 amide bonds. The zero-order chi connectivity index (χ0) is 15.4. The molecule has 1 saturated heterocycles. The highest BCUT2D eigenvalue weighted by molar-refractivity contribution is 8.00. The molecule has 5 nitrogen and oxygen atoms in total. The lowest BCUT2D eigenvalue weighted by molar-refractivity contribution is -0.128. The van der Waals surface area contributed by atoms with Crippen LogP contribution in [0.15, 0.2) is 18.2 Å². The van der Waals surface area contributed by atoms with Gasteiger partial charge >= 0.3 is 0 Å². The van der Waals surface area contributed by atoms with E-state index < -0.39 is 0 Å². The van der Waals surface area contributed by atoms with Crippen LogP contribution in [0.4, 0.5) is 0 Å². The van der Waals surface area contributed by atoms with Crippen molar-refractivity contribution in [2.24, 2.45) is 0 Å². The average Bonchev–Trinajstić information content (AvgIpc) is 3.13. The Labute approximate surface area is 135 Å². The SMILES string of the molecule is CCCNCCCN1C(=O)CSC1c1ccc2c(c1)OCO2. The monoisotopic (exact) mass is 322 g/mol. The number of hydrogen-bond acceptors (Lipinski definition) is 5. The molecule has 6 heteroatoms. The van der Waals surface area contributed by atoms with Crippen LogP contribution in [-0.4, -0.2) is 43.0 Å². The van der Waals surface area contributed by atoms with Gasteiger partial charge in [0.05, 0.1) is 5.75 Å². The van der Waals surface area contributed by atoms with Gasteiger partial charge in [-0.3, -0.25) is 4.79 Å². The number of fused-ring (bicyclic) bond motifs is 1. The summed E-state index contributed by atoms with van der Waals surface area (Å²) in [6.45, 7) is 5.22. The number of nitrogens with one attached hydrogen (secondary N) is 1. The molecule has 2 aliphatic heterocycles. The molecule has 1 N–H and O–H groups in total. The van der Waals surface area contributed by atoms with Crippen LogP contribution in [0.1, 0.15) is 30.7 Å². The molecule has 2 aliphatic rings. The molecule has 0 spiro atoms. The Morgan fingerprint density at radius 2 is 2.18 bits per heavy atom. The molecular formula is C16H22N2O3S. The molecule has 0 bridgehead atoms. The first-order valence-corrected chi connectivity index (χ1v) is 8.86. The Morgan fingerprint density at radius 1 is 1.32 bits per heavy atom. The third-order valence-corrected chi connectivity index (χ3v) is 5.09. The van der Waals surface area contributed by atoms with Crippen LogP contribution in [0, 0.1) is 0 Å². The van der Waals surface area contributed by atoms with Gasteiger partial charge in [0.25, 0.3) is 0 Å². The fourth-order valence-electron chi connectivity index (χ4n) is 2.71. The molecule has 1 atom stereocenters. The summed E-state index contributed by atoms with van der Waals surface area (Å²) in [4.78, 5) is 14.1. The van der Waals surface area contributed by atoms with Crippen molar-refractivity contribution in [1.82, 2.24) is 10.2 Å². The second kappa shape index (κ2) is 7.24. The van der Waals surface area contributed by atoms with Gasteiger partial charge in [-0.2, -0.15) is 0 Å². The number of rotatable bonds is 7. The quantitative estimate of drug-likeness (QED) is 0.781. The Hall–Kier alpha value is -1.40. The Bertz CT molecular complexity index is 538. The Balaban J connectivity index is 1.63. The zero-order valence-electron chi connectivity index (χ0n) is 12.8. The first kappa shape index (κ1) is 15.5. The Morgan fingerprint density at radius 3 is 3.05 bits per heavy atom. The highest BCUT2D eigenvalue weighted by Gasteiger charge is 2.33. The van der Waals surface area contributed by atoms with Crippen molar-refractivity contribution in [3.8, 4) is 11.5 Å². The van der Waals surface area contributed by atoms with Crippen LogP contribution in [0.25, 0.3) is 0 Å². The summed E-state index contributed by atoms with van der Waals surface area (Å²) >= 11 is 1.69. The molecule has 1 unspecified atom stereocenters. The van der Waals surface area contributed by atoms with Crippen LogP contribution in [0.5, 0.6) is 11.5 Å². The normalized spacial score (nSPS) is 20.0. The molecule has 3 rings (SSSR count). The minimum absolute atomic E-state index is 0.0909. The van der Waals surface area contributed by atoms with Gasteiger partial charge < -0.3 is 19.7 Å². The highest BCUT2D eigenvalue weighted by Crippen LogP contribution is 2.42. The first-order chi connectivity index (χ1) is 10.8. The van der Waals surface area contributed by atoms with E-state index in [0.717, 1.165) is 49.5 Å². The summed E-state index contributed by atoms with van der Waals surface area (Å²) in [5, 5.41) is 3.47. The maximum Gasteiger partial charge on any atom is 0.233 e. The van der Waals surface area contributed by atoms with E-state index >= 15 is 0 Å². The van der Waals surface area contributed by atoms with Crippen LogP contribution < -0.4 is 14.8 Å². The summed E-state index contributed by atoms with van der Waals surface area (Å²) in [6.07, 6.45) is 2.12. The van der Waals surface area contributed by atoms with Gasteiger partial charge in [0, 0.05) is 6.54 Å². The van der Waals surface area contributed by atoms with Gasteiger partial charge in [0.2, 0.25) is 12.7 Å². The molecule has 0 aliphatic carbocycles. The molecule has 1 aromatic carbocycles. The molecule has 2 heterocycles.